The van der Waals surface area contributed by atoms with E-state index in [9.17, 15) is 14.4 Å². The molecule has 0 amide bonds. The van der Waals surface area contributed by atoms with Crippen molar-refractivity contribution in [3.8, 4) is 0 Å². The number of benzene rings is 1. The molecule has 0 radical (unpaired) electrons. The van der Waals surface area contributed by atoms with Gasteiger partial charge in [0.25, 0.3) is 5.56 Å². The second kappa shape index (κ2) is 7.08. The topological polar surface area (TPSA) is 76.2 Å². The van der Waals surface area contributed by atoms with Gasteiger partial charge in [-0.2, -0.15) is 0 Å². The van der Waals surface area contributed by atoms with Crippen LogP contribution in [-0.2, 0) is 11.2 Å². The summed E-state index contributed by atoms with van der Waals surface area (Å²) < 4.78 is 5.10. The minimum atomic E-state index is -0.727. The van der Waals surface area contributed by atoms with E-state index < -0.39 is 11.5 Å². The standard InChI is InChI=1S/C19H17NO4/c21-17-10-4-9-16-14(17)12-15(18(22)20-16)19(23)24-11-5-8-13-6-2-1-3-7-13/h1-3,5-8,12H,4,9-11H2,(H,20,22)/b8-5-. The third-order valence-electron chi connectivity index (χ3n) is 3.89. The minimum absolute atomic E-state index is 0.0504. The second-order valence-corrected chi connectivity index (χ2v) is 5.59. The fourth-order valence-electron chi connectivity index (χ4n) is 2.68. The van der Waals surface area contributed by atoms with E-state index in [-0.39, 0.29) is 18.0 Å². The molecule has 1 aliphatic carbocycles. The van der Waals surface area contributed by atoms with Crippen LogP contribution in [0.5, 0.6) is 0 Å². The fourth-order valence-corrected chi connectivity index (χ4v) is 2.68. The fraction of sp³-hybridized carbons (Fsp3) is 0.211. The van der Waals surface area contributed by atoms with Crippen molar-refractivity contribution in [2.75, 3.05) is 6.61 Å². The van der Waals surface area contributed by atoms with Crippen LogP contribution >= 0.6 is 0 Å². The number of carbonyl (C=O) groups is 2. The first-order chi connectivity index (χ1) is 11.6. The highest BCUT2D eigenvalue weighted by molar-refractivity contribution is 6.00. The van der Waals surface area contributed by atoms with Crippen molar-refractivity contribution in [1.29, 1.82) is 0 Å². The molecule has 2 aromatic rings. The van der Waals surface area contributed by atoms with Gasteiger partial charge in [-0.15, -0.1) is 0 Å². The molecule has 1 aromatic heterocycles. The number of rotatable bonds is 4. The molecule has 0 saturated carbocycles. The lowest BCUT2D eigenvalue weighted by Crippen LogP contribution is -2.25. The number of Topliss-reactive ketones (excluding diaryl/α,β-unsaturated/α-hetero) is 1. The number of aromatic amines is 1. The number of aromatic nitrogens is 1. The van der Waals surface area contributed by atoms with Crippen molar-refractivity contribution in [3.05, 3.63) is 75.2 Å². The Bertz CT molecular complexity index is 849. The van der Waals surface area contributed by atoms with Crippen LogP contribution in [0.25, 0.3) is 6.08 Å². The van der Waals surface area contributed by atoms with Crippen molar-refractivity contribution in [3.63, 3.8) is 0 Å². The largest absolute Gasteiger partial charge is 0.458 e. The van der Waals surface area contributed by atoms with Crippen LogP contribution in [0.3, 0.4) is 0 Å². The maximum absolute atomic E-state index is 12.1. The first kappa shape index (κ1) is 15.9. The predicted molar refractivity (Wildman–Crippen MR) is 90.1 cm³/mol. The maximum atomic E-state index is 12.1. The Hall–Kier alpha value is -2.95. The van der Waals surface area contributed by atoms with Gasteiger partial charge in [0, 0.05) is 17.7 Å². The van der Waals surface area contributed by atoms with Gasteiger partial charge in [0.15, 0.2) is 5.78 Å². The van der Waals surface area contributed by atoms with E-state index in [0.29, 0.717) is 24.1 Å². The van der Waals surface area contributed by atoms with Crippen molar-refractivity contribution in [2.45, 2.75) is 19.3 Å². The summed E-state index contributed by atoms with van der Waals surface area (Å²) in [4.78, 5) is 38.6. The van der Waals surface area contributed by atoms with E-state index >= 15 is 0 Å². The van der Waals surface area contributed by atoms with E-state index in [1.165, 1.54) is 6.07 Å². The van der Waals surface area contributed by atoms with E-state index in [1.807, 2.05) is 36.4 Å². The predicted octanol–water partition coefficient (Wildman–Crippen LogP) is 2.76. The molecule has 1 N–H and O–H groups in total. The molecule has 3 rings (SSSR count). The van der Waals surface area contributed by atoms with Gasteiger partial charge in [0.1, 0.15) is 12.2 Å². The Labute approximate surface area is 139 Å². The zero-order chi connectivity index (χ0) is 16.9. The second-order valence-electron chi connectivity index (χ2n) is 5.59. The van der Waals surface area contributed by atoms with E-state index in [1.54, 1.807) is 6.08 Å². The number of ether oxygens (including phenoxy) is 1. The number of fused-ring (bicyclic) bond motifs is 1. The number of H-pyrrole nitrogens is 1. The molecule has 0 fully saturated rings. The van der Waals surface area contributed by atoms with Crippen LogP contribution in [-0.4, -0.2) is 23.3 Å². The molecule has 0 unspecified atom stereocenters. The molecule has 0 atom stereocenters. The Morgan fingerprint density at radius 1 is 1.17 bits per heavy atom. The van der Waals surface area contributed by atoms with Crippen LogP contribution in [0.2, 0.25) is 0 Å². The summed E-state index contributed by atoms with van der Waals surface area (Å²) in [6, 6.07) is 11.0. The minimum Gasteiger partial charge on any atom is -0.458 e. The van der Waals surface area contributed by atoms with E-state index in [2.05, 4.69) is 4.98 Å². The number of aryl methyl sites for hydroxylation is 1. The van der Waals surface area contributed by atoms with Crippen molar-refractivity contribution < 1.29 is 14.3 Å². The highest BCUT2D eigenvalue weighted by atomic mass is 16.5. The molecular weight excluding hydrogens is 306 g/mol. The van der Waals surface area contributed by atoms with Crippen LogP contribution in [0, 0.1) is 0 Å². The summed E-state index contributed by atoms with van der Waals surface area (Å²) in [5.74, 6) is -0.777. The lowest BCUT2D eigenvalue weighted by atomic mass is 9.94. The Morgan fingerprint density at radius 3 is 2.75 bits per heavy atom. The molecule has 1 heterocycles. The average molecular weight is 323 g/mol. The van der Waals surface area contributed by atoms with Gasteiger partial charge in [-0.05, 0) is 30.5 Å². The van der Waals surface area contributed by atoms with Gasteiger partial charge < -0.3 is 9.72 Å². The highest BCUT2D eigenvalue weighted by Gasteiger charge is 2.22. The van der Waals surface area contributed by atoms with Crippen LogP contribution in [0.15, 0.2) is 47.3 Å². The molecule has 0 spiro atoms. The number of pyridine rings is 1. The van der Waals surface area contributed by atoms with E-state index in [4.69, 9.17) is 4.74 Å². The Kier molecular flexibility index (Phi) is 4.70. The molecule has 1 aliphatic rings. The summed E-state index contributed by atoms with van der Waals surface area (Å²) in [6.07, 6.45) is 5.33. The van der Waals surface area contributed by atoms with Crippen molar-refractivity contribution in [2.24, 2.45) is 0 Å². The van der Waals surface area contributed by atoms with Crippen LogP contribution in [0.4, 0.5) is 0 Å². The molecule has 24 heavy (non-hydrogen) atoms. The normalized spacial score (nSPS) is 13.8. The number of ketones is 1. The summed E-state index contributed by atoms with van der Waals surface area (Å²) in [7, 11) is 0. The summed E-state index contributed by atoms with van der Waals surface area (Å²) >= 11 is 0. The van der Waals surface area contributed by atoms with Gasteiger partial charge in [-0.3, -0.25) is 9.59 Å². The zero-order valence-electron chi connectivity index (χ0n) is 13.1. The number of hydrogen-bond acceptors (Lipinski definition) is 4. The maximum Gasteiger partial charge on any atom is 0.344 e. The van der Waals surface area contributed by atoms with Crippen molar-refractivity contribution in [1.82, 2.24) is 4.98 Å². The molecule has 0 bridgehead atoms. The number of nitrogens with one attached hydrogen (secondary N) is 1. The first-order valence-electron chi connectivity index (χ1n) is 7.83. The number of esters is 1. The zero-order valence-corrected chi connectivity index (χ0v) is 13.1. The SMILES string of the molecule is O=C1CCCc2[nH]c(=O)c(C(=O)OC/C=C\c3ccccc3)cc21. The Morgan fingerprint density at radius 2 is 1.96 bits per heavy atom. The Balaban J connectivity index is 1.69. The van der Waals surface area contributed by atoms with Crippen LogP contribution in [0.1, 0.15) is 44.8 Å². The van der Waals surface area contributed by atoms with Gasteiger partial charge in [-0.25, -0.2) is 4.79 Å². The van der Waals surface area contributed by atoms with Gasteiger partial charge in [0.2, 0.25) is 0 Å². The molecule has 5 nitrogen and oxygen atoms in total. The number of hydrogen-bond donors (Lipinski definition) is 1. The summed E-state index contributed by atoms with van der Waals surface area (Å²) in [6.45, 7) is 0.0538. The average Bonchev–Trinajstić information content (AvgIpc) is 2.59. The number of carbonyl (C=O) groups excluding carboxylic acids is 2. The monoisotopic (exact) mass is 323 g/mol. The highest BCUT2D eigenvalue weighted by Crippen LogP contribution is 2.19. The molecule has 5 heteroatoms. The molecule has 0 saturated heterocycles. The third-order valence-corrected chi connectivity index (χ3v) is 3.89. The van der Waals surface area contributed by atoms with Gasteiger partial charge in [0.05, 0.1) is 0 Å². The lowest BCUT2D eigenvalue weighted by Gasteiger charge is -2.14. The molecule has 1 aromatic carbocycles. The van der Waals surface area contributed by atoms with E-state index in [0.717, 1.165) is 12.0 Å². The third kappa shape index (κ3) is 3.51. The smallest absolute Gasteiger partial charge is 0.344 e. The van der Waals surface area contributed by atoms with Crippen LogP contribution < -0.4 is 5.56 Å². The van der Waals surface area contributed by atoms with Gasteiger partial charge in [-0.1, -0.05) is 36.4 Å². The first-order valence-corrected chi connectivity index (χ1v) is 7.83. The summed E-state index contributed by atoms with van der Waals surface area (Å²) in [5, 5.41) is 0. The quantitative estimate of drug-likeness (QED) is 0.878. The van der Waals surface area contributed by atoms with Gasteiger partial charge >= 0.3 is 5.97 Å². The molecule has 122 valence electrons. The molecular formula is C19H17NO4. The molecule has 0 aliphatic heterocycles. The lowest BCUT2D eigenvalue weighted by molar-refractivity contribution is 0.0548. The van der Waals surface area contributed by atoms with Crippen molar-refractivity contribution >= 4 is 17.8 Å². The summed E-state index contributed by atoms with van der Waals surface area (Å²) in [5.41, 5.74) is 1.38.